The average Bonchev–Trinajstić information content (AvgIpc) is 2.79. The van der Waals surface area contributed by atoms with Crippen molar-refractivity contribution in [3.63, 3.8) is 0 Å². The van der Waals surface area contributed by atoms with E-state index in [2.05, 4.69) is 63.2 Å². The number of aryl methyl sites for hydroxylation is 2. The van der Waals surface area contributed by atoms with E-state index >= 15 is 0 Å². The fourth-order valence-corrected chi connectivity index (χ4v) is 4.20. The van der Waals surface area contributed by atoms with Crippen molar-refractivity contribution >= 4 is 61.5 Å². The maximum Gasteiger partial charge on any atom is 0.335 e. The normalized spacial score (nSPS) is 15.0. The Bertz CT molecular complexity index is 1330. The predicted octanol–water partition coefficient (Wildman–Crippen LogP) is 6.07. The molecule has 6 nitrogen and oxygen atoms in total. The Morgan fingerprint density at radius 1 is 0.912 bits per heavy atom. The molecule has 1 aliphatic rings. The van der Waals surface area contributed by atoms with Crippen molar-refractivity contribution in [2.45, 2.75) is 20.5 Å². The van der Waals surface area contributed by atoms with Gasteiger partial charge < -0.3 is 4.74 Å². The second kappa shape index (κ2) is 9.95. The van der Waals surface area contributed by atoms with Crippen molar-refractivity contribution in [1.29, 1.82) is 0 Å². The molecule has 34 heavy (non-hydrogen) atoms. The number of hydrogen-bond donors (Lipinski definition) is 1. The Kier molecular flexibility index (Phi) is 7.00. The van der Waals surface area contributed by atoms with Gasteiger partial charge in [-0.3, -0.25) is 14.9 Å². The van der Waals surface area contributed by atoms with Crippen molar-refractivity contribution in [3.05, 3.63) is 97.4 Å². The van der Waals surface area contributed by atoms with Gasteiger partial charge in [-0.25, -0.2) is 9.69 Å². The molecule has 4 amide bonds. The number of hydrogen-bond acceptors (Lipinski definition) is 4. The molecule has 1 fully saturated rings. The SMILES string of the molecule is Cc1ccc(COc2ccc(/C=C3\C(=O)NC(=O)N(c4ccc(Br)cc4)C3=O)cc2Br)cc1C. The summed E-state index contributed by atoms with van der Waals surface area (Å²) in [4.78, 5) is 38.7. The van der Waals surface area contributed by atoms with E-state index < -0.39 is 17.8 Å². The van der Waals surface area contributed by atoms with E-state index in [0.717, 1.165) is 14.9 Å². The third-order valence-electron chi connectivity index (χ3n) is 5.42. The lowest BCUT2D eigenvalue weighted by atomic mass is 10.1. The molecule has 1 aliphatic heterocycles. The number of nitrogens with one attached hydrogen (secondary N) is 1. The predicted molar refractivity (Wildman–Crippen MR) is 138 cm³/mol. The van der Waals surface area contributed by atoms with Gasteiger partial charge in [-0.2, -0.15) is 0 Å². The average molecular weight is 584 g/mol. The van der Waals surface area contributed by atoms with Gasteiger partial charge in [0.15, 0.2) is 0 Å². The quantitative estimate of drug-likeness (QED) is 0.292. The number of imide groups is 2. The number of ether oxygens (including phenoxy) is 1. The summed E-state index contributed by atoms with van der Waals surface area (Å²) < 4.78 is 7.41. The molecule has 1 heterocycles. The van der Waals surface area contributed by atoms with E-state index in [1.54, 1.807) is 42.5 Å². The number of benzene rings is 3. The number of halogens is 2. The maximum atomic E-state index is 13.0. The van der Waals surface area contributed by atoms with Crippen molar-refractivity contribution < 1.29 is 19.1 Å². The molecule has 0 aliphatic carbocycles. The number of carbonyl (C=O) groups is 3. The van der Waals surface area contributed by atoms with Crippen LogP contribution in [0.3, 0.4) is 0 Å². The van der Waals surface area contributed by atoms with Crippen LogP contribution in [-0.4, -0.2) is 17.8 Å². The molecule has 0 spiro atoms. The Balaban J connectivity index is 1.55. The molecule has 0 radical (unpaired) electrons. The summed E-state index contributed by atoms with van der Waals surface area (Å²) in [6.45, 7) is 4.53. The van der Waals surface area contributed by atoms with Gasteiger partial charge in [0.1, 0.15) is 17.9 Å². The Morgan fingerprint density at radius 3 is 2.32 bits per heavy atom. The van der Waals surface area contributed by atoms with Crippen LogP contribution in [0.25, 0.3) is 6.08 Å². The highest BCUT2D eigenvalue weighted by Crippen LogP contribution is 2.29. The summed E-state index contributed by atoms with van der Waals surface area (Å²) in [5.74, 6) is -0.803. The lowest BCUT2D eigenvalue weighted by molar-refractivity contribution is -0.122. The van der Waals surface area contributed by atoms with Crippen LogP contribution in [0.4, 0.5) is 10.5 Å². The van der Waals surface area contributed by atoms with Gasteiger partial charge >= 0.3 is 6.03 Å². The lowest BCUT2D eigenvalue weighted by Crippen LogP contribution is -2.54. The van der Waals surface area contributed by atoms with Crippen LogP contribution in [0.15, 0.2) is 75.2 Å². The summed E-state index contributed by atoms with van der Waals surface area (Å²) in [6.07, 6.45) is 1.45. The molecule has 0 unspecified atom stereocenters. The van der Waals surface area contributed by atoms with Crippen LogP contribution >= 0.6 is 31.9 Å². The molecule has 1 N–H and O–H groups in total. The van der Waals surface area contributed by atoms with Gasteiger partial charge in [0.05, 0.1) is 10.2 Å². The van der Waals surface area contributed by atoms with E-state index in [9.17, 15) is 14.4 Å². The van der Waals surface area contributed by atoms with E-state index in [1.807, 2.05) is 6.07 Å². The number of nitrogens with zero attached hydrogens (tertiary/aromatic N) is 1. The largest absolute Gasteiger partial charge is 0.488 e. The monoisotopic (exact) mass is 582 g/mol. The van der Waals surface area contributed by atoms with Gasteiger partial charge in [0.25, 0.3) is 11.8 Å². The maximum absolute atomic E-state index is 13.0. The van der Waals surface area contributed by atoms with Crippen LogP contribution in [0.1, 0.15) is 22.3 Å². The van der Waals surface area contributed by atoms with Crippen LogP contribution < -0.4 is 15.0 Å². The zero-order chi connectivity index (χ0) is 24.4. The number of amides is 4. The first-order valence-electron chi connectivity index (χ1n) is 10.4. The molecule has 1 saturated heterocycles. The molecule has 3 aromatic rings. The highest BCUT2D eigenvalue weighted by molar-refractivity contribution is 9.10. The molecule has 0 aromatic heterocycles. The van der Waals surface area contributed by atoms with Crippen molar-refractivity contribution in [2.24, 2.45) is 0 Å². The van der Waals surface area contributed by atoms with Gasteiger partial charge in [-0.15, -0.1) is 0 Å². The molecular weight excluding hydrogens is 564 g/mol. The highest BCUT2D eigenvalue weighted by atomic mass is 79.9. The molecule has 0 saturated carbocycles. The summed E-state index contributed by atoms with van der Waals surface area (Å²) in [7, 11) is 0. The Morgan fingerprint density at radius 2 is 1.65 bits per heavy atom. The minimum atomic E-state index is -0.786. The minimum Gasteiger partial charge on any atom is -0.488 e. The zero-order valence-electron chi connectivity index (χ0n) is 18.4. The summed E-state index contributed by atoms with van der Waals surface area (Å²) in [5, 5.41) is 2.23. The van der Waals surface area contributed by atoms with Crippen molar-refractivity contribution in [2.75, 3.05) is 4.90 Å². The number of urea groups is 1. The Hall–Kier alpha value is -3.23. The molecular formula is C26H20Br2N2O4. The van der Waals surface area contributed by atoms with Crippen LogP contribution in [-0.2, 0) is 16.2 Å². The van der Waals surface area contributed by atoms with Crippen molar-refractivity contribution in [1.82, 2.24) is 5.32 Å². The molecule has 4 rings (SSSR count). The van der Waals surface area contributed by atoms with E-state index in [4.69, 9.17) is 4.74 Å². The molecule has 0 bridgehead atoms. The zero-order valence-corrected chi connectivity index (χ0v) is 21.6. The standard InChI is InChI=1S/C26H20Br2N2O4/c1-15-3-4-18(11-16(15)2)14-34-23-10-5-17(13-22(23)28)12-21-24(31)29-26(33)30(25(21)32)20-8-6-19(27)7-9-20/h3-13H,14H2,1-2H3,(H,29,31,33)/b21-12+. The molecule has 3 aromatic carbocycles. The fraction of sp³-hybridized carbons (Fsp3) is 0.115. The Labute approximate surface area is 213 Å². The van der Waals surface area contributed by atoms with Gasteiger partial charge in [-0.05, 0) is 94.5 Å². The third kappa shape index (κ3) is 5.13. The first-order chi connectivity index (χ1) is 16.2. The van der Waals surface area contributed by atoms with E-state index in [0.29, 0.717) is 28.1 Å². The smallest absolute Gasteiger partial charge is 0.335 e. The third-order valence-corrected chi connectivity index (χ3v) is 6.57. The number of carbonyl (C=O) groups excluding carboxylic acids is 3. The van der Waals surface area contributed by atoms with Gasteiger partial charge in [0.2, 0.25) is 0 Å². The first-order valence-corrected chi connectivity index (χ1v) is 12.0. The van der Waals surface area contributed by atoms with Gasteiger partial charge in [0, 0.05) is 4.47 Å². The van der Waals surface area contributed by atoms with Crippen LogP contribution in [0, 0.1) is 13.8 Å². The lowest BCUT2D eigenvalue weighted by Gasteiger charge is -2.26. The summed E-state index contributed by atoms with van der Waals surface area (Å²) >= 11 is 6.82. The summed E-state index contributed by atoms with van der Waals surface area (Å²) in [6, 6.07) is 17.3. The van der Waals surface area contributed by atoms with E-state index in [1.165, 1.54) is 17.2 Å². The molecule has 172 valence electrons. The topological polar surface area (TPSA) is 75.7 Å². The second-order valence-electron chi connectivity index (χ2n) is 7.83. The number of rotatable bonds is 5. The second-order valence-corrected chi connectivity index (χ2v) is 9.60. The molecule has 0 atom stereocenters. The van der Waals surface area contributed by atoms with E-state index in [-0.39, 0.29) is 5.57 Å². The first kappa shape index (κ1) is 23.9. The number of anilines is 1. The van der Waals surface area contributed by atoms with Crippen LogP contribution in [0.2, 0.25) is 0 Å². The summed E-state index contributed by atoms with van der Waals surface area (Å²) in [5.41, 5.74) is 4.31. The van der Waals surface area contributed by atoms with Crippen molar-refractivity contribution in [3.8, 4) is 5.75 Å². The van der Waals surface area contributed by atoms with Gasteiger partial charge in [-0.1, -0.05) is 40.2 Å². The number of barbiturate groups is 1. The minimum absolute atomic E-state index is 0.141. The fourth-order valence-electron chi connectivity index (χ4n) is 3.43. The van der Waals surface area contributed by atoms with Crippen LogP contribution in [0.5, 0.6) is 5.75 Å². The molecule has 8 heteroatoms. The highest BCUT2D eigenvalue weighted by Gasteiger charge is 2.36.